The van der Waals surface area contributed by atoms with E-state index in [1.807, 2.05) is 37.3 Å². The zero-order valence-corrected chi connectivity index (χ0v) is 16.9. The fourth-order valence-corrected chi connectivity index (χ4v) is 2.88. The van der Waals surface area contributed by atoms with E-state index >= 15 is 0 Å². The molecular weight excluding hydrogens is 392 g/mol. The van der Waals surface area contributed by atoms with E-state index in [9.17, 15) is 9.59 Å². The minimum Gasteiger partial charge on any atom is -0.451 e. The van der Waals surface area contributed by atoms with E-state index in [1.165, 1.54) is 4.80 Å². The lowest BCUT2D eigenvalue weighted by Gasteiger charge is -2.13. The molecule has 1 heterocycles. The van der Waals surface area contributed by atoms with Gasteiger partial charge in [-0.15, -0.1) is 5.10 Å². The molecule has 0 aliphatic carbocycles. The number of halogens is 1. The SMILES string of the molecule is Cc1nn(-c2cccc(Cl)c2)nc1C(=O)OCC(=O)NC[C@@H](C)c1ccccc1. The van der Waals surface area contributed by atoms with E-state index in [0.717, 1.165) is 5.56 Å². The second-order valence-electron chi connectivity index (χ2n) is 6.60. The van der Waals surface area contributed by atoms with Gasteiger partial charge >= 0.3 is 5.97 Å². The van der Waals surface area contributed by atoms with Gasteiger partial charge in [0.15, 0.2) is 12.3 Å². The van der Waals surface area contributed by atoms with Gasteiger partial charge in [0.05, 0.1) is 11.4 Å². The van der Waals surface area contributed by atoms with Crippen molar-refractivity contribution >= 4 is 23.5 Å². The summed E-state index contributed by atoms with van der Waals surface area (Å²) in [5.74, 6) is -0.932. The maximum absolute atomic E-state index is 12.3. The predicted octanol–water partition coefficient (Wildman–Crippen LogP) is 3.31. The second kappa shape index (κ2) is 9.34. The Balaban J connectivity index is 1.53. The average Bonchev–Trinajstić information content (AvgIpc) is 3.12. The number of ether oxygens (including phenoxy) is 1. The number of aromatic nitrogens is 3. The minimum atomic E-state index is -0.706. The smallest absolute Gasteiger partial charge is 0.361 e. The lowest BCUT2D eigenvalue weighted by molar-refractivity contribution is -0.124. The van der Waals surface area contributed by atoms with E-state index in [2.05, 4.69) is 15.5 Å². The van der Waals surface area contributed by atoms with Gasteiger partial charge < -0.3 is 10.1 Å². The van der Waals surface area contributed by atoms with E-state index in [4.69, 9.17) is 16.3 Å². The number of hydrogen-bond acceptors (Lipinski definition) is 5. The molecule has 1 atom stereocenters. The van der Waals surface area contributed by atoms with Gasteiger partial charge in [0.2, 0.25) is 0 Å². The zero-order chi connectivity index (χ0) is 20.8. The van der Waals surface area contributed by atoms with Crippen molar-refractivity contribution in [3.05, 3.63) is 76.6 Å². The third kappa shape index (κ3) is 5.42. The molecule has 0 unspecified atom stereocenters. The fraction of sp³-hybridized carbons (Fsp3) is 0.238. The molecule has 3 aromatic rings. The normalized spacial score (nSPS) is 11.7. The van der Waals surface area contributed by atoms with Crippen LogP contribution in [0, 0.1) is 6.92 Å². The van der Waals surface area contributed by atoms with Gasteiger partial charge in [-0.2, -0.15) is 9.90 Å². The van der Waals surface area contributed by atoms with E-state index < -0.39 is 5.97 Å². The molecule has 0 aliphatic heterocycles. The number of benzene rings is 2. The molecule has 0 bridgehead atoms. The highest BCUT2D eigenvalue weighted by molar-refractivity contribution is 6.30. The van der Waals surface area contributed by atoms with Crippen molar-refractivity contribution in [1.82, 2.24) is 20.3 Å². The molecule has 0 fully saturated rings. The first-order valence-corrected chi connectivity index (χ1v) is 9.50. The standard InChI is InChI=1S/C21H21ClN4O3/c1-14(16-7-4-3-5-8-16)12-23-19(27)13-29-21(28)20-15(2)24-26(25-20)18-10-6-9-17(22)11-18/h3-11,14H,12-13H2,1-2H3,(H,23,27)/t14-/m1/s1. The largest absolute Gasteiger partial charge is 0.451 e. The Labute approximate surface area is 173 Å². The molecule has 150 valence electrons. The van der Waals surface area contributed by atoms with Crippen molar-refractivity contribution < 1.29 is 14.3 Å². The molecule has 1 amide bonds. The Kier molecular flexibility index (Phi) is 6.61. The van der Waals surface area contributed by atoms with Gasteiger partial charge in [-0.1, -0.05) is 54.9 Å². The molecule has 1 aromatic heterocycles. The fourth-order valence-electron chi connectivity index (χ4n) is 2.70. The molecule has 1 N–H and O–H groups in total. The summed E-state index contributed by atoms with van der Waals surface area (Å²) in [6.45, 7) is 3.72. The number of esters is 1. The molecule has 0 radical (unpaired) electrons. The summed E-state index contributed by atoms with van der Waals surface area (Å²) in [4.78, 5) is 25.6. The van der Waals surface area contributed by atoms with Crippen LogP contribution in [0.3, 0.4) is 0 Å². The predicted molar refractivity (Wildman–Crippen MR) is 109 cm³/mol. The van der Waals surface area contributed by atoms with Crippen molar-refractivity contribution in [1.29, 1.82) is 0 Å². The molecule has 8 heteroatoms. The highest BCUT2D eigenvalue weighted by atomic mass is 35.5. The number of amides is 1. The van der Waals surface area contributed by atoms with Crippen LogP contribution in [0.15, 0.2) is 54.6 Å². The van der Waals surface area contributed by atoms with Crippen molar-refractivity contribution in [3.63, 3.8) is 0 Å². The molecule has 2 aromatic carbocycles. The number of carbonyl (C=O) groups is 2. The van der Waals surface area contributed by atoms with Crippen LogP contribution in [0.2, 0.25) is 5.02 Å². The van der Waals surface area contributed by atoms with Crippen LogP contribution in [0.25, 0.3) is 5.69 Å². The number of rotatable bonds is 7. The van der Waals surface area contributed by atoms with Gasteiger partial charge in [0, 0.05) is 11.6 Å². The zero-order valence-electron chi connectivity index (χ0n) is 16.1. The van der Waals surface area contributed by atoms with Gasteiger partial charge in [-0.3, -0.25) is 4.79 Å². The van der Waals surface area contributed by atoms with Gasteiger partial charge in [-0.25, -0.2) is 4.79 Å². The van der Waals surface area contributed by atoms with Crippen LogP contribution < -0.4 is 5.32 Å². The molecule has 0 spiro atoms. The van der Waals surface area contributed by atoms with Crippen molar-refractivity contribution in [2.45, 2.75) is 19.8 Å². The number of carbonyl (C=O) groups excluding carboxylic acids is 2. The topological polar surface area (TPSA) is 86.1 Å². The summed E-state index contributed by atoms with van der Waals surface area (Å²) in [6, 6.07) is 16.8. The van der Waals surface area contributed by atoms with Crippen LogP contribution >= 0.6 is 11.6 Å². The number of nitrogens with one attached hydrogen (secondary N) is 1. The quantitative estimate of drug-likeness (QED) is 0.601. The van der Waals surface area contributed by atoms with Gasteiger partial charge in [0.25, 0.3) is 5.91 Å². The summed E-state index contributed by atoms with van der Waals surface area (Å²) in [5.41, 5.74) is 2.19. The van der Waals surface area contributed by atoms with Gasteiger partial charge in [0.1, 0.15) is 0 Å². The van der Waals surface area contributed by atoms with Crippen LogP contribution in [-0.4, -0.2) is 40.0 Å². The first-order chi connectivity index (χ1) is 13.9. The maximum atomic E-state index is 12.3. The van der Waals surface area contributed by atoms with Crippen molar-refractivity contribution in [2.24, 2.45) is 0 Å². The van der Waals surface area contributed by atoms with Crippen LogP contribution in [0.4, 0.5) is 0 Å². The first kappa shape index (κ1) is 20.5. The molecule has 0 aliphatic rings. The summed E-state index contributed by atoms with van der Waals surface area (Å²) in [7, 11) is 0. The highest BCUT2D eigenvalue weighted by Crippen LogP contribution is 2.15. The Morgan fingerprint density at radius 2 is 1.90 bits per heavy atom. The number of aryl methyl sites for hydroxylation is 1. The lowest BCUT2D eigenvalue weighted by Crippen LogP contribution is -2.31. The molecule has 0 saturated heterocycles. The third-order valence-electron chi connectivity index (χ3n) is 4.32. The second-order valence-corrected chi connectivity index (χ2v) is 7.03. The summed E-state index contributed by atoms with van der Waals surface area (Å²) in [6.07, 6.45) is 0. The molecule has 0 saturated carbocycles. The van der Waals surface area contributed by atoms with Crippen LogP contribution in [0.5, 0.6) is 0 Å². The van der Waals surface area contributed by atoms with E-state index in [-0.39, 0.29) is 24.1 Å². The first-order valence-electron chi connectivity index (χ1n) is 9.12. The number of nitrogens with zero attached hydrogens (tertiary/aromatic N) is 3. The van der Waals surface area contributed by atoms with E-state index in [0.29, 0.717) is 22.9 Å². The Bertz CT molecular complexity index is 1000. The summed E-state index contributed by atoms with van der Waals surface area (Å²) in [5, 5.41) is 11.7. The third-order valence-corrected chi connectivity index (χ3v) is 4.56. The summed E-state index contributed by atoms with van der Waals surface area (Å²) < 4.78 is 5.09. The maximum Gasteiger partial charge on any atom is 0.361 e. The summed E-state index contributed by atoms with van der Waals surface area (Å²) >= 11 is 5.97. The van der Waals surface area contributed by atoms with E-state index in [1.54, 1.807) is 31.2 Å². The van der Waals surface area contributed by atoms with Crippen LogP contribution in [-0.2, 0) is 9.53 Å². The minimum absolute atomic E-state index is 0.0513. The molecule has 29 heavy (non-hydrogen) atoms. The van der Waals surface area contributed by atoms with Crippen molar-refractivity contribution in [3.8, 4) is 5.69 Å². The Hall–Kier alpha value is -3.19. The average molecular weight is 413 g/mol. The Morgan fingerprint density at radius 1 is 1.14 bits per heavy atom. The lowest BCUT2D eigenvalue weighted by atomic mass is 10.0. The molecular formula is C21H21ClN4O3. The van der Waals surface area contributed by atoms with Gasteiger partial charge in [-0.05, 0) is 36.6 Å². The van der Waals surface area contributed by atoms with Crippen molar-refractivity contribution in [2.75, 3.05) is 13.2 Å². The van der Waals surface area contributed by atoms with Crippen LogP contribution in [0.1, 0.15) is 34.6 Å². The number of hydrogen-bond donors (Lipinski definition) is 1. The molecule has 3 rings (SSSR count). The Morgan fingerprint density at radius 3 is 2.62 bits per heavy atom. The molecule has 7 nitrogen and oxygen atoms in total. The monoisotopic (exact) mass is 412 g/mol. The highest BCUT2D eigenvalue weighted by Gasteiger charge is 2.19.